The Morgan fingerprint density at radius 2 is 2.17 bits per heavy atom. The van der Waals surface area contributed by atoms with E-state index in [0.29, 0.717) is 16.3 Å². The zero-order valence-electron chi connectivity index (χ0n) is 9.27. The summed E-state index contributed by atoms with van der Waals surface area (Å²) in [5, 5.41) is 10.9. The van der Waals surface area contributed by atoms with Gasteiger partial charge in [-0.15, -0.1) is 11.3 Å². The van der Waals surface area contributed by atoms with Crippen LogP contribution in [0.1, 0.15) is 16.3 Å². The third-order valence-electron chi connectivity index (χ3n) is 1.94. The summed E-state index contributed by atoms with van der Waals surface area (Å²) in [4.78, 5) is 4.15. The van der Waals surface area contributed by atoms with Crippen LogP contribution < -0.4 is 0 Å². The molecule has 1 aromatic heterocycles. The number of hydrogen-bond donors (Lipinski definition) is 1. The van der Waals surface area contributed by atoms with Crippen molar-refractivity contribution in [3.05, 3.63) is 51.7 Å². The normalized spacial score (nSPS) is 9.00. The summed E-state index contributed by atoms with van der Waals surface area (Å²) in [7, 11) is 0. The van der Waals surface area contributed by atoms with Crippen molar-refractivity contribution in [1.82, 2.24) is 4.98 Å². The monoisotopic (exact) mass is 257 g/mol. The fraction of sp³-hybridized carbons (Fsp3) is 0.0714. The minimum absolute atomic E-state index is 0.191. The highest BCUT2D eigenvalue weighted by molar-refractivity contribution is 7.10. The molecule has 1 aromatic carbocycles. The minimum Gasteiger partial charge on any atom is -0.384 e. The second-order valence-corrected chi connectivity index (χ2v) is 4.12. The van der Waals surface area contributed by atoms with E-state index in [1.54, 1.807) is 17.5 Å². The second kappa shape index (κ2) is 5.97. The van der Waals surface area contributed by atoms with Crippen LogP contribution in [0.2, 0.25) is 0 Å². The first-order chi connectivity index (χ1) is 8.78. The van der Waals surface area contributed by atoms with Crippen LogP contribution in [0.4, 0.5) is 4.39 Å². The molecule has 4 heteroatoms. The zero-order valence-corrected chi connectivity index (χ0v) is 10.1. The SMILES string of the molecule is OCC#Cc1nc(C#Cc2cccc(F)c2)cs1. The number of halogens is 1. The van der Waals surface area contributed by atoms with Gasteiger partial charge in [0, 0.05) is 10.9 Å². The third-order valence-corrected chi connectivity index (χ3v) is 2.70. The van der Waals surface area contributed by atoms with Crippen molar-refractivity contribution in [1.29, 1.82) is 0 Å². The fourth-order valence-corrected chi connectivity index (χ4v) is 1.82. The molecule has 0 saturated heterocycles. The Balaban J connectivity index is 2.17. The van der Waals surface area contributed by atoms with Crippen LogP contribution in [0.3, 0.4) is 0 Å². The Kier molecular flexibility index (Phi) is 4.09. The van der Waals surface area contributed by atoms with Gasteiger partial charge in [-0.05, 0) is 30.0 Å². The molecule has 0 unspecified atom stereocenters. The molecule has 0 amide bonds. The van der Waals surface area contributed by atoms with Crippen LogP contribution in [0.5, 0.6) is 0 Å². The molecule has 0 aliphatic carbocycles. The van der Waals surface area contributed by atoms with Gasteiger partial charge in [0.25, 0.3) is 0 Å². The number of aliphatic hydroxyl groups is 1. The molecule has 0 radical (unpaired) electrons. The summed E-state index contributed by atoms with van der Waals surface area (Å²) < 4.78 is 12.9. The summed E-state index contributed by atoms with van der Waals surface area (Å²) in [6.45, 7) is -0.191. The van der Waals surface area contributed by atoms with Crippen LogP contribution in [0.25, 0.3) is 0 Å². The lowest BCUT2D eigenvalue weighted by Gasteiger charge is -1.88. The predicted molar refractivity (Wildman–Crippen MR) is 68.5 cm³/mol. The zero-order chi connectivity index (χ0) is 12.8. The Bertz CT molecular complexity index is 670. The van der Waals surface area contributed by atoms with Crippen LogP contribution in [-0.2, 0) is 0 Å². The summed E-state index contributed by atoms with van der Waals surface area (Å²) >= 11 is 1.36. The molecule has 2 aromatic rings. The van der Waals surface area contributed by atoms with Crippen LogP contribution in [-0.4, -0.2) is 16.7 Å². The van der Waals surface area contributed by atoms with Gasteiger partial charge in [-0.3, -0.25) is 0 Å². The second-order valence-electron chi connectivity index (χ2n) is 3.26. The Hall–Kier alpha value is -2.14. The number of hydrogen-bond acceptors (Lipinski definition) is 3. The molecule has 18 heavy (non-hydrogen) atoms. The van der Waals surface area contributed by atoms with Crippen molar-refractivity contribution in [3.8, 4) is 23.7 Å². The molecule has 2 nitrogen and oxygen atoms in total. The van der Waals surface area contributed by atoms with Crippen molar-refractivity contribution in [2.75, 3.05) is 6.61 Å². The van der Waals surface area contributed by atoms with Crippen LogP contribution in [0, 0.1) is 29.5 Å². The van der Waals surface area contributed by atoms with Gasteiger partial charge in [-0.25, -0.2) is 9.37 Å². The molecule has 1 N–H and O–H groups in total. The van der Waals surface area contributed by atoms with E-state index in [9.17, 15) is 4.39 Å². The average molecular weight is 257 g/mol. The molecule has 0 spiro atoms. The smallest absolute Gasteiger partial charge is 0.168 e. The number of aromatic nitrogens is 1. The Morgan fingerprint density at radius 3 is 2.94 bits per heavy atom. The molecule has 0 aliphatic rings. The van der Waals surface area contributed by atoms with Crippen molar-refractivity contribution >= 4 is 11.3 Å². The van der Waals surface area contributed by atoms with Crippen molar-refractivity contribution in [2.45, 2.75) is 0 Å². The molecule has 0 bridgehead atoms. The molecule has 2 rings (SSSR count). The summed E-state index contributed by atoms with van der Waals surface area (Å²) in [6, 6.07) is 6.08. The molecule has 0 saturated carbocycles. The quantitative estimate of drug-likeness (QED) is 0.732. The van der Waals surface area contributed by atoms with E-state index in [-0.39, 0.29) is 12.4 Å². The van der Waals surface area contributed by atoms with Gasteiger partial charge in [0.1, 0.15) is 18.1 Å². The maximum Gasteiger partial charge on any atom is 0.168 e. The summed E-state index contributed by atoms with van der Waals surface area (Å²) in [6.07, 6.45) is 0. The lowest BCUT2D eigenvalue weighted by atomic mass is 10.2. The molecule has 0 atom stereocenters. The number of aliphatic hydroxyl groups excluding tert-OH is 1. The number of rotatable bonds is 0. The molecule has 0 aliphatic heterocycles. The molecular weight excluding hydrogens is 249 g/mol. The highest BCUT2D eigenvalue weighted by Crippen LogP contribution is 2.07. The topological polar surface area (TPSA) is 33.1 Å². The molecule has 88 valence electrons. The number of benzene rings is 1. The summed E-state index contributed by atoms with van der Waals surface area (Å²) in [5.74, 6) is 10.6. The molecule has 1 heterocycles. The predicted octanol–water partition coefficient (Wildman–Crippen LogP) is 2.03. The van der Waals surface area contributed by atoms with E-state index >= 15 is 0 Å². The van der Waals surface area contributed by atoms with E-state index < -0.39 is 0 Å². The number of thiazole rings is 1. The van der Waals surface area contributed by atoms with Gasteiger partial charge in [0.2, 0.25) is 0 Å². The van der Waals surface area contributed by atoms with E-state index in [2.05, 4.69) is 28.7 Å². The maximum atomic E-state index is 12.9. The van der Waals surface area contributed by atoms with E-state index in [1.807, 2.05) is 0 Å². The first-order valence-corrected chi connectivity index (χ1v) is 5.99. The molecular formula is C14H8FNOS. The summed E-state index contributed by atoms with van der Waals surface area (Å²) in [5.41, 5.74) is 1.19. The minimum atomic E-state index is -0.311. The van der Waals surface area contributed by atoms with Crippen molar-refractivity contribution < 1.29 is 9.50 Å². The maximum absolute atomic E-state index is 12.9. The van der Waals surface area contributed by atoms with Gasteiger partial charge in [-0.2, -0.15) is 0 Å². The average Bonchev–Trinajstić information content (AvgIpc) is 2.82. The van der Waals surface area contributed by atoms with Gasteiger partial charge < -0.3 is 5.11 Å². The lowest BCUT2D eigenvalue weighted by molar-refractivity contribution is 0.350. The first-order valence-electron chi connectivity index (χ1n) is 5.11. The van der Waals surface area contributed by atoms with Gasteiger partial charge in [0.15, 0.2) is 5.01 Å². The van der Waals surface area contributed by atoms with Crippen LogP contribution >= 0.6 is 11.3 Å². The fourth-order valence-electron chi connectivity index (χ4n) is 1.21. The van der Waals surface area contributed by atoms with E-state index in [1.165, 1.54) is 23.5 Å². The highest BCUT2D eigenvalue weighted by atomic mass is 32.1. The van der Waals surface area contributed by atoms with E-state index in [4.69, 9.17) is 5.11 Å². The van der Waals surface area contributed by atoms with Gasteiger partial charge in [0.05, 0.1) is 0 Å². The van der Waals surface area contributed by atoms with E-state index in [0.717, 1.165) is 0 Å². The Morgan fingerprint density at radius 1 is 1.28 bits per heavy atom. The lowest BCUT2D eigenvalue weighted by Crippen LogP contribution is -1.79. The number of nitrogens with zero attached hydrogens (tertiary/aromatic N) is 1. The third kappa shape index (κ3) is 3.43. The van der Waals surface area contributed by atoms with Gasteiger partial charge in [-0.1, -0.05) is 17.9 Å². The van der Waals surface area contributed by atoms with Crippen molar-refractivity contribution in [2.24, 2.45) is 0 Å². The largest absolute Gasteiger partial charge is 0.384 e. The standard InChI is InChI=1S/C14H8FNOS/c15-12-4-1-3-11(9-12)6-7-13-10-18-14(16-13)5-2-8-17/h1,3-4,9-10,17H,8H2. The van der Waals surface area contributed by atoms with Gasteiger partial charge >= 0.3 is 0 Å². The molecule has 0 fully saturated rings. The first kappa shape index (κ1) is 12.3. The van der Waals surface area contributed by atoms with Crippen molar-refractivity contribution in [3.63, 3.8) is 0 Å². The highest BCUT2D eigenvalue weighted by Gasteiger charge is 1.95. The Labute approximate surface area is 108 Å². The van der Waals surface area contributed by atoms with Crippen LogP contribution in [0.15, 0.2) is 29.6 Å².